The average Bonchev–Trinajstić information content (AvgIpc) is 2.28. The van der Waals surface area contributed by atoms with Crippen molar-refractivity contribution in [2.24, 2.45) is 5.41 Å². The van der Waals surface area contributed by atoms with Crippen LogP contribution in [-0.2, 0) is 4.79 Å². The van der Waals surface area contributed by atoms with E-state index in [1.54, 1.807) is 0 Å². The Kier molecular flexibility index (Phi) is 2.76. The predicted molar refractivity (Wildman–Crippen MR) is 68.5 cm³/mol. The first-order valence-corrected chi connectivity index (χ1v) is 6.11. The molecule has 0 heterocycles. The zero-order valence-corrected chi connectivity index (χ0v) is 11.3. The molecule has 1 atom stereocenters. The van der Waals surface area contributed by atoms with Gasteiger partial charge >= 0.3 is 0 Å². The molecule has 1 saturated carbocycles. The van der Waals surface area contributed by atoms with Crippen LogP contribution in [0.25, 0.3) is 0 Å². The lowest BCUT2D eigenvalue weighted by Crippen LogP contribution is -2.53. The van der Waals surface area contributed by atoms with E-state index < -0.39 is 0 Å². The molecule has 1 aromatic rings. The normalized spacial score (nSPS) is 22.2. The number of aryl methyl sites for hydroxylation is 2. The smallest absolute Gasteiger partial charge is 0.145 e. The van der Waals surface area contributed by atoms with Crippen molar-refractivity contribution in [2.45, 2.75) is 47.1 Å². The van der Waals surface area contributed by atoms with Crippen LogP contribution in [0.4, 0.5) is 0 Å². The number of carbonyl (C=O) groups is 1. The van der Waals surface area contributed by atoms with Crippen molar-refractivity contribution in [2.75, 3.05) is 0 Å². The number of Topliss-reactive ketones (excluding diaryl/α,β-unsaturated/α-hetero) is 1. The molecule has 0 aromatic heterocycles. The number of rotatable bonds is 2. The van der Waals surface area contributed by atoms with Gasteiger partial charge in [-0.25, -0.2) is 0 Å². The topological polar surface area (TPSA) is 26.3 Å². The molecule has 1 fully saturated rings. The summed E-state index contributed by atoms with van der Waals surface area (Å²) >= 11 is 0. The second-order valence-electron chi connectivity index (χ2n) is 5.61. The summed E-state index contributed by atoms with van der Waals surface area (Å²) in [5.41, 5.74) is 3.22. The number of hydrogen-bond acceptors (Lipinski definition) is 2. The highest BCUT2D eigenvalue weighted by Gasteiger charge is 2.49. The summed E-state index contributed by atoms with van der Waals surface area (Å²) in [6.07, 6.45) is 0.564. The van der Waals surface area contributed by atoms with Gasteiger partial charge in [-0.3, -0.25) is 4.79 Å². The fourth-order valence-corrected chi connectivity index (χ4v) is 2.17. The third-order valence-electron chi connectivity index (χ3n) is 4.03. The van der Waals surface area contributed by atoms with Crippen LogP contribution < -0.4 is 4.74 Å². The number of benzene rings is 1. The first kappa shape index (κ1) is 12.2. The molecule has 0 aliphatic heterocycles. The standard InChI is InChI=1S/C15H20O2/c1-9-6-7-10(2)14(11(9)3)17-13-8-12(16)15(13,4)5/h6-7,13H,8H2,1-5H3. The zero-order valence-electron chi connectivity index (χ0n) is 11.3. The van der Waals surface area contributed by atoms with E-state index in [4.69, 9.17) is 4.74 Å². The summed E-state index contributed by atoms with van der Waals surface area (Å²) in [6, 6.07) is 4.18. The SMILES string of the molecule is Cc1ccc(C)c(OC2CC(=O)C2(C)C)c1C. The Morgan fingerprint density at radius 3 is 2.29 bits per heavy atom. The van der Waals surface area contributed by atoms with E-state index in [2.05, 4.69) is 32.9 Å². The van der Waals surface area contributed by atoms with E-state index in [0.717, 1.165) is 11.3 Å². The lowest BCUT2D eigenvalue weighted by Gasteiger charge is -2.42. The molecule has 2 nitrogen and oxygen atoms in total. The van der Waals surface area contributed by atoms with Gasteiger partial charge in [0.15, 0.2) is 0 Å². The highest BCUT2D eigenvalue weighted by atomic mass is 16.5. The van der Waals surface area contributed by atoms with Gasteiger partial charge in [-0.2, -0.15) is 0 Å². The molecule has 0 amide bonds. The van der Waals surface area contributed by atoms with E-state index in [1.807, 2.05) is 13.8 Å². The Morgan fingerprint density at radius 2 is 1.76 bits per heavy atom. The molecule has 2 rings (SSSR count). The Morgan fingerprint density at radius 1 is 1.18 bits per heavy atom. The van der Waals surface area contributed by atoms with Crippen LogP contribution in [0.15, 0.2) is 12.1 Å². The number of carbonyl (C=O) groups excluding carboxylic acids is 1. The van der Waals surface area contributed by atoms with Gasteiger partial charge in [0.1, 0.15) is 17.6 Å². The summed E-state index contributed by atoms with van der Waals surface area (Å²) in [5, 5.41) is 0. The molecule has 0 saturated heterocycles. The maximum absolute atomic E-state index is 11.5. The van der Waals surface area contributed by atoms with Crippen LogP contribution in [0.2, 0.25) is 0 Å². The molecule has 0 N–H and O–H groups in total. The highest BCUT2D eigenvalue weighted by Crippen LogP contribution is 2.41. The van der Waals surface area contributed by atoms with Gasteiger partial charge in [-0.05, 0) is 51.3 Å². The fourth-order valence-electron chi connectivity index (χ4n) is 2.17. The summed E-state index contributed by atoms with van der Waals surface area (Å²) in [7, 11) is 0. The molecular formula is C15H20O2. The first-order valence-electron chi connectivity index (χ1n) is 6.11. The van der Waals surface area contributed by atoms with Crippen LogP contribution in [0.1, 0.15) is 37.0 Å². The minimum Gasteiger partial charge on any atom is -0.488 e. The lowest BCUT2D eigenvalue weighted by atomic mass is 9.68. The summed E-state index contributed by atoms with van der Waals surface area (Å²) in [5.74, 6) is 1.25. The van der Waals surface area contributed by atoms with Crippen molar-refractivity contribution < 1.29 is 9.53 Å². The van der Waals surface area contributed by atoms with Gasteiger partial charge in [0.2, 0.25) is 0 Å². The van der Waals surface area contributed by atoms with Crippen molar-refractivity contribution in [1.82, 2.24) is 0 Å². The maximum Gasteiger partial charge on any atom is 0.145 e. The molecular weight excluding hydrogens is 212 g/mol. The van der Waals surface area contributed by atoms with Gasteiger partial charge in [0, 0.05) is 6.42 Å². The summed E-state index contributed by atoms with van der Waals surface area (Å²) < 4.78 is 6.06. The largest absolute Gasteiger partial charge is 0.488 e. The minimum atomic E-state index is -0.331. The van der Waals surface area contributed by atoms with Crippen molar-refractivity contribution in [3.05, 3.63) is 28.8 Å². The molecule has 1 aliphatic rings. The molecule has 1 unspecified atom stereocenters. The number of ketones is 1. The lowest BCUT2D eigenvalue weighted by molar-refractivity contribution is -0.148. The molecule has 1 aromatic carbocycles. The van der Waals surface area contributed by atoms with Crippen molar-refractivity contribution in [3.8, 4) is 5.75 Å². The summed E-state index contributed by atoms with van der Waals surface area (Å²) in [4.78, 5) is 11.5. The highest BCUT2D eigenvalue weighted by molar-refractivity contribution is 5.91. The predicted octanol–water partition coefficient (Wildman–Crippen LogP) is 3.36. The van der Waals surface area contributed by atoms with Crippen LogP contribution in [0.3, 0.4) is 0 Å². The van der Waals surface area contributed by atoms with Crippen LogP contribution in [0.5, 0.6) is 5.75 Å². The van der Waals surface area contributed by atoms with E-state index in [9.17, 15) is 4.79 Å². The summed E-state index contributed by atoms with van der Waals surface area (Å²) in [6.45, 7) is 10.1. The Bertz CT molecular complexity index is 472. The molecule has 0 spiro atoms. The Balaban J connectivity index is 2.26. The first-order chi connectivity index (χ1) is 7.84. The van der Waals surface area contributed by atoms with E-state index in [1.165, 1.54) is 11.1 Å². The van der Waals surface area contributed by atoms with Gasteiger partial charge in [-0.1, -0.05) is 12.1 Å². The third-order valence-corrected chi connectivity index (χ3v) is 4.03. The zero-order chi connectivity index (χ0) is 12.8. The van der Waals surface area contributed by atoms with Gasteiger partial charge in [-0.15, -0.1) is 0 Å². The second kappa shape index (κ2) is 3.86. The average molecular weight is 232 g/mol. The second-order valence-corrected chi connectivity index (χ2v) is 5.61. The van der Waals surface area contributed by atoms with E-state index in [0.29, 0.717) is 12.2 Å². The van der Waals surface area contributed by atoms with E-state index >= 15 is 0 Å². The molecule has 0 bridgehead atoms. The van der Waals surface area contributed by atoms with E-state index in [-0.39, 0.29) is 11.5 Å². The van der Waals surface area contributed by atoms with Gasteiger partial charge < -0.3 is 4.74 Å². The maximum atomic E-state index is 11.5. The van der Waals surface area contributed by atoms with Gasteiger partial charge in [0.25, 0.3) is 0 Å². The minimum absolute atomic E-state index is 0.0224. The monoisotopic (exact) mass is 232 g/mol. The fraction of sp³-hybridized carbons (Fsp3) is 0.533. The quantitative estimate of drug-likeness (QED) is 0.781. The third kappa shape index (κ3) is 1.86. The van der Waals surface area contributed by atoms with Crippen LogP contribution >= 0.6 is 0 Å². The molecule has 17 heavy (non-hydrogen) atoms. The molecule has 2 heteroatoms. The Labute approximate surface area is 103 Å². The number of ether oxygens (including phenoxy) is 1. The van der Waals surface area contributed by atoms with Crippen LogP contribution in [0, 0.1) is 26.2 Å². The van der Waals surface area contributed by atoms with Crippen molar-refractivity contribution in [1.29, 1.82) is 0 Å². The van der Waals surface area contributed by atoms with Crippen molar-refractivity contribution in [3.63, 3.8) is 0 Å². The number of hydrogen-bond donors (Lipinski definition) is 0. The van der Waals surface area contributed by atoms with Crippen molar-refractivity contribution >= 4 is 5.78 Å². The molecule has 92 valence electrons. The molecule has 1 aliphatic carbocycles. The molecule has 0 radical (unpaired) electrons. The Hall–Kier alpha value is -1.31. The van der Waals surface area contributed by atoms with Gasteiger partial charge in [0.05, 0.1) is 5.41 Å². The van der Waals surface area contributed by atoms with Crippen LogP contribution in [-0.4, -0.2) is 11.9 Å².